The summed E-state index contributed by atoms with van der Waals surface area (Å²) >= 11 is 0. The van der Waals surface area contributed by atoms with E-state index in [9.17, 15) is 0 Å². The molecule has 0 aliphatic rings. The molecule has 10 aromatic carbocycles. The van der Waals surface area contributed by atoms with E-state index in [0.29, 0.717) is 0 Å². The largest absolute Gasteiger partial charge is 0.309 e. The fraction of sp³-hybridized carbons (Fsp3) is 0. The first-order chi connectivity index (χ1) is 34.2. The average molecular weight is 880 g/mol. The smallest absolute Gasteiger partial charge is 0.0650 e. The fourth-order valence-electron chi connectivity index (χ4n) is 10.5. The van der Waals surface area contributed by atoms with E-state index in [0.717, 1.165) is 67.4 Å². The Labute approximate surface area is 401 Å². The first-order valence-electron chi connectivity index (χ1n) is 23.7. The third kappa shape index (κ3) is 6.99. The summed E-state index contributed by atoms with van der Waals surface area (Å²) in [5.74, 6) is 0. The van der Waals surface area contributed by atoms with E-state index in [1.54, 1.807) is 0 Å². The van der Waals surface area contributed by atoms with Crippen molar-refractivity contribution in [2.24, 2.45) is 0 Å². The van der Waals surface area contributed by atoms with Crippen molar-refractivity contribution in [2.75, 3.05) is 0 Å². The lowest BCUT2D eigenvalue weighted by Gasteiger charge is -2.16. The predicted molar refractivity (Wildman–Crippen MR) is 290 cm³/mol. The van der Waals surface area contributed by atoms with Gasteiger partial charge in [-0.1, -0.05) is 200 Å². The lowest BCUT2D eigenvalue weighted by Crippen LogP contribution is -2.00. The summed E-state index contributed by atoms with van der Waals surface area (Å²) in [6, 6.07) is 99.3. The minimum absolute atomic E-state index is 1.10. The van der Waals surface area contributed by atoms with Crippen molar-refractivity contribution in [3.05, 3.63) is 273 Å². The quantitative estimate of drug-likeness (QED) is 0.137. The Morgan fingerprint density at radius 3 is 0.652 bits per heavy atom. The standard InChI is InChI=1S/C66H45N3/c1-7-22-46(23-8-1)49-28-19-31-52(40-49)61-43-58-64(67(61)55-34-13-4-14-35-55)59-44-62(53-32-20-29-50(41-53)47-24-9-2-10-25-47)69(57-38-17-6-18-39-57)66(59)60-45-63(68(65(58)60)56-36-15-5-16-37-56)54-33-21-30-51(42-54)48-26-11-3-12-27-48/h1-45H. The Morgan fingerprint density at radius 2 is 0.391 bits per heavy atom. The van der Waals surface area contributed by atoms with Gasteiger partial charge in [0.05, 0.1) is 33.6 Å². The minimum Gasteiger partial charge on any atom is -0.309 e. The van der Waals surface area contributed by atoms with Gasteiger partial charge in [0.2, 0.25) is 0 Å². The van der Waals surface area contributed by atoms with Crippen LogP contribution < -0.4 is 0 Å². The molecule has 69 heavy (non-hydrogen) atoms. The van der Waals surface area contributed by atoms with Crippen LogP contribution in [0.4, 0.5) is 0 Å². The van der Waals surface area contributed by atoms with Gasteiger partial charge in [-0.3, -0.25) is 0 Å². The molecule has 3 nitrogen and oxygen atoms in total. The summed E-state index contributed by atoms with van der Waals surface area (Å²) < 4.78 is 7.54. The van der Waals surface area contributed by atoms with E-state index in [4.69, 9.17) is 0 Å². The number of aromatic nitrogens is 3. The van der Waals surface area contributed by atoms with E-state index in [2.05, 4.69) is 287 Å². The number of para-hydroxylation sites is 3. The van der Waals surface area contributed by atoms with Crippen LogP contribution in [0.25, 0.3) is 117 Å². The second kappa shape index (κ2) is 16.9. The zero-order valence-electron chi connectivity index (χ0n) is 37.8. The summed E-state index contributed by atoms with van der Waals surface area (Å²) in [6.45, 7) is 0. The van der Waals surface area contributed by atoms with Crippen LogP contribution in [-0.4, -0.2) is 13.7 Å². The molecule has 0 radical (unpaired) electrons. The lowest BCUT2D eigenvalue weighted by molar-refractivity contribution is 1.13. The number of rotatable bonds is 9. The molecule has 0 unspecified atom stereocenters. The van der Waals surface area contributed by atoms with Crippen molar-refractivity contribution in [1.82, 2.24) is 13.7 Å². The predicted octanol–water partition coefficient (Wildman–Crippen LogP) is 17.5. The van der Waals surface area contributed by atoms with Gasteiger partial charge >= 0.3 is 0 Å². The molecule has 0 fully saturated rings. The maximum atomic E-state index is 2.51. The third-order valence-corrected chi connectivity index (χ3v) is 13.6. The van der Waals surface area contributed by atoms with Gasteiger partial charge in [0.25, 0.3) is 0 Å². The number of benzene rings is 10. The normalized spacial score (nSPS) is 11.5. The van der Waals surface area contributed by atoms with E-state index < -0.39 is 0 Å². The Bertz CT molecular complexity index is 3510. The van der Waals surface area contributed by atoms with E-state index in [1.807, 2.05) is 0 Å². The van der Waals surface area contributed by atoms with Gasteiger partial charge in [-0.05, 0) is 123 Å². The maximum Gasteiger partial charge on any atom is 0.0650 e. The molecule has 0 spiro atoms. The van der Waals surface area contributed by atoms with Crippen molar-refractivity contribution in [3.8, 4) is 84.2 Å². The van der Waals surface area contributed by atoms with Crippen LogP contribution in [0.15, 0.2) is 273 Å². The monoisotopic (exact) mass is 879 g/mol. The minimum atomic E-state index is 1.10. The molecule has 0 aliphatic heterocycles. The van der Waals surface area contributed by atoms with Gasteiger partial charge in [-0.2, -0.15) is 0 Å². The lowest BCUT2D eigenvalue weighted by atomic mass is 10.0. The van der Waals surface area contributed by atoms with Crippen LogP contribution in [0.5, 0.6) is 0 Å². The highest BCUT2D eigenvalue weighted by atomic mass is 15.1. The van der Waals surface area contributed by atoms with Crippen LogP contribution in [0.1, 0.15) is 0 Å². The topological polar surface area (TPSA) is 14.8 Å². The van der Waals surface area contributed by atoms with Gasteiger partial charge in [-0.25, -0.2) is 0 Å². The van der Waals surface area contributed by atoms with Gasteiger partial charge in [0.15, 0.2) is 0 Å². The van der Waals surface area contributed by atoms with Crippen molar-refractivity contribution >= 4 is 32.7 Å². The summed E-state index contributed by atoms with van der Waals surface area (Å²) in [7, 11) is 0. The van der Waals surface area contributed by atoms with Crippen molar-refractivity contribution in [1.29, 1.82) is 0 Å². The van der Waals surface area contributed by atoms with Gasteiger partial charge in [-0.15, -0.1) is 0 Å². The van der Waals surface area contributed by atoms with Crippen LogP contribution >= 0.6 is 0 Å². The fourth-order valence-corrected chi connectivity index (χ4v) is 10.5. The number of nitrogens with zero attached hydrogens (tertiary/aromatic N) is 3. The van der Waals surface area contributed by atoms with Gasteiger partial charge < -0.3 is 13.7 Å². The molecular formula is C66H45N3. The molecule has 13 aromatic rings. The average Bonchev–Trinajstić information content (AvgIpc) is 4.16. The van der Waals surface area contributed by atoms with Crippen molar-refractivity contribution < 1.29 is 0 Å². The van der Waals surface area contributed by atoms with Crippen molar-refractivity contribution in [3.63, 3.8) is 0 Å². The molecule has 3 heterocycles. The molecule has 0 saturated carbocycles. The first kappa shape index (κ1) is 40.1. The highest BCUT2D eigenvalue weighted by Crippen LogP contribution is 2.48. The van der Waals surface area contributed by atoms with E-state index >= 15 is 0 Å². The summed E-state index contributed by atoms with van der Waals surface area (Å²) in [6.07, 6.45) is 0. The molecule has 0 N–H and O–H groups in total. The second-order valence-electron chi connectivity index (χ2n) is 17.7. The summed E-state index contributed by atoms with van der Waals surface area (Å²) in [5.41, 5.74) is 20.6. The molecule has 13 rings (SSSR count). The highest BCUT2D eigenvalue weighted by molar-refractivity contribution is 6.27. The Morgan fingerprint density at radius 1 is 0.174 bits per heavy atom. The van der Waals surface area contributed by atoms with Crippen molar-refractivity contribution in [2.45, 2.75) is 0 Å². The first-order valence-corrected chi connectivity index (χ1v) is 23.7. The molecule has 3 heteroatoms. The van der Waals surface area contributed by atoms with E-state index in [-0.39, 0.29) is 0 Å². The van der Waals surface area contributed by atoms with Gasteiger partial charge in [0.1, 0.15) is 0 Å². The SMILES string of the molecule is c1ccc(-c2cccc(-c3cc4c(c5cc(-c6cccc(-c7ccccc7)c6)n(-c6ccccc6)c5c5cc(-c6cccc(-c7ccccc7)c6)n(-c6ccccc6)c45)n3-c3ccccc3)c2)cc1. The number of hydrogen-bond acceptors (Lipinski definition) is 0. The molecule has 324 valence electrons. The molecule has 0 saturated heterocycles. The summed E-state index contributed by atoms with van der Waals surface area (Å²) in [5, 5.41) is 3.52. The molecule has 3 aromatic heterocycles. The van der Waals surface area contributed by atoms with Crippen LogP contribution in [0.2, 0.25) is 0 Å². The summed E-state index contributed by atoms with van der Waals surface area (Å²) in [4.78, 5) is 0. The van der Waals surface area contributed by atoms with E-state index in [1.165, 1.54) is 49.5 Å². The highest BCUT2D eigenvalue weighted by Gasteiger charge is 2.28. The van der Waals surface area contributed by atoms with Gasteiger partial charge in [0, 0.05) is 33.2 Å². The zero-order valence-corrected chi connectivity index (χ0v) is 37.8. The number of fused-ring (bicyclic) bond motifs is 6. The van der Waals surface area contributed by atoms with Crippen LogP contribution in [-0.2, 0) is 0 Å². The third-order valence-electron chi connectivity index (χ3n) is 13.6. The Hall–Kier alpha value is -9.18. The zero-order chi connectivity index (χ0) is 45.7. The second-order valence-corrected chi connectivity index (χ2v) is 17.7. The molecular weight excluding hydrogens is 835 g/mol. The Kier molecular flexibility index (Phi) is 9.84. The number of hydrogen-bond donors (Lipinski definition) is 0. The molecule has 0 aliphatic carbocycles. The maximum absolute atomic E-state index is 2.51. The van der Waals surface area contributed by atoms with Crippen LogP contribution in [0.3, 0.4) is 0 Å². The molecule has 0 amide bonds. The van der Waals surface area contributed by atoms with Crippen LogP contribution in [0, 0.1) is 0 Å². The molecule has 0 atom stereocenters. The molecule has 0 bridgehead atoms. The Balaban J connectivity index is 1.22.